The zero-order valence-corrected chi connectivity index (χ0v) is 60.8. The van der Waals surface area contributed by atoms with E-state index in [1.54, 1.807) is 34.8 Å². The van der Waals surface area contributed by atoms with E-state index < -0.39 is 10.8 Å². The van der Waals surface area contributed by atoms with E-state index >= 15 is 0 Å². The van der Waals surface area contributed by atoms with Crippen LogP contribution in [0.1, 0.15) is 239 Å². The fourth-order valence-electron chi connectivity index (χ4n) is 16.3. The van der Waals surface area contributed by atoms with Crippen LogP contribution in [0.15, 0.2) is 180 Å². The number of carbonyl (C=O) groups is 2. The Morgan fingerprint density at radius 1 is 0.400 bits per heavy atom. The monoisotopic (exact) mass is 1380 g/mol. The van der Waals surface area contributed by atoms with Crippen LogP contribution in [0.5, 0.6) is 0 Å². The summed E-state index contributed by atoms with van der Waals surface area (Å²) in [5.74, 6) is -0.383. The highest BCUT2D eigenvalue weighted by Gasteiger charge is 2.55. The second-order valence-electron chi connectivity index (χ2n) is 27.3. The maximum absolute atomic E-state index is 14.8. The molecule has 100 heavy (non-hydrogen) atoms. The van der Waals surface area contributed by atoms with Gasteiger partial charge in [-0.2, -0.15) is 0 Å². The Hall–Kier alpha value is -9.36. The molecule has 6 aromatic carbocycles. The predicted molar refractivity (Wildman–Crippen MR) is 417 cm³/mol. The molecular weight excluding hydrogens is 1300 g/mol. The molecule has 0 N–H and O–H groups in total. The number of hydrogen-bond acceptors (Lipinski definition) is 8. The summed E-state index contributed by atoms with van der Waals surface area (Å²) in [6.45, 7) is 25.4. The molecule has 0 saturated carbocycles. The Morgan fingerprint density at radius 3 is 0.980 bits per heavy atom. The lowest BCUT2D eigenvalue weighted by atomic mass is 9.67. The van der Waals surface area contributed by atoms with Crippen molar-refractivity contribution in [2.45, 2.75) is 167 Å². The van der Waals surface area contributed by atoms with Crippen LogP contribution in [0.4, 0.5) is 0 Å². The molecular formula is C90H80N4O2S4. The van der Waals surface area contributed by atoms with Gasteiger partial charge < -0.3 is 0 Å². The van der Waals surface area contributed by atoms with Crippen molar-refractivity contribution < 1.29 is 9.59 Å². The van der Waals surface area contributed by atoms with Gasteiger partial charge in [0, 0.05) is 54.3 Å². The second-order valence-corrected chi connectivity index (χ2v) is 31.6. The molecule has 6 nitrogen and oxygen atoms in total. The summed E-state index contributed by atoms with van der Waals surface area (Å²) in [7, 11) is 0. The van der Waals surface area contributed by atoms with Crippen LogP contribution < -0.4 is 0 Å². The number of hydrogen-bond donors (Lipinski definition) is 0. The van der Waals surface area contributed by atoms with Gasteiger partial charge in [-0.25, -0.2) is 20.2 Å². The third-order valence-electron chi connectivity index (χ3n) is 21.2. The van der Waals surface area contributed by atoms with Crippen molar-refractivity contribution in [3.63, 3.8) is 0 Å². The van der Waals surface area contributed by atoms with E-state index in [-0.39, 0.29) is 23.0 Å². The van der Waals surface area contributed by atoms with Gasteiger partial charge in [0.05, 0.1) is 65.0 Å². The summed E-state index contributed by atoms with van der Waals surface area (Å²) in [5, 5.41) is 21.0. The van der Waals surface area contributed by atoms with Gasteiger partial charge >= 0.3 is 0 Å². The molecule has 496 valence electrons. The Balaban J connectivity index is 1.06. The minimum Gasteiger partial charge on any atom is -0.289 e. The number of rotatable bonds is 26. The molecule has 4 aliphatic carbocycles. The van der Waals surface area contributed by atoms with Gasteiger partial charge in [-0.1, -0.05) is 250 Å². The van der Waals surface area contributed by atoms with Gasteiger partial charge in [-0.3, -0.25) is 9.59 Å². The SMILES string of the molecule is [C-]#[N+]/C(C#N)=C1\C(=C\c2cc3c(s2)-c2sc4c5c(sc4c2C3(c2ccc(CCCCCC)cc2)c2ccc(CCCCCC)cc2)-c2sc(/C=C3\C(=O)c4ccccc4\C3=C(\C#N)[N+]#[C-])cc2C5(c2ccc(CCCCCC)cc2)c2ccc(CCCCCC)cc2)C(=O)c2ccccc21. The number of carbonyl (C=O) groups excluding carboxylic acids is 2. The Bertz CT molecular complexity index is 4670. The first-order valence-electron chi connectivity index (χ1n) is 36.1. The van der Waals surface area contributed by atoms with E-state index in [0.717, 1.165) is 82.0 Å². The minimum absolute atomic E-state index is 0.0985. The maximum Gasteiger partial charge on any atom is 0.270 e. The average Bonchev–Trinajstić information content (AvgIpc) is 1.49. The molecule has 4 heterocycles. The fourth-order valence-corrected chi connectivity index (χ4v) is 22.0. The lowest BCUT2D eigenvalue weighted by Gasteiger charge is -2.34. The Morgan fingerprint density at radius 2 is 0.700 bits per heavy atom. The summed E-state index contributed by atoms with van der Waals surface area (Å²) in [6.07, 6.45) is 26.7. The molecule has 0 fully saturated rings. The number of thiophene rings is 4. The van der Waals surface area contributed by atoms with Crippen molar-refractivity contribution in [2.24, 2.45) is 0 Å². The van der Waals surface area contributed by atoms with Crippen LogP contribution >= 0.6 is 45.3 Å². The first-order chi connectivity index (χ1) is 49.1. The van der Waals surface area contributed by atoms with Gasteiger partial charge in [-0.05, 0) is 142 Å². The number of Topliss-reactive ketones (excluding diaryl/α,β-unsaturated/α-hetero) is 2. The number of nitriles is 2. The van der Waals surface area contributed by atoms with E-state index in [9.17, 15) is 20.1 Å². The van der Waals surface area contributed by atoms with Crippen LogP contribution in [0, 0.1) is 35.8 Å². The zero-order valence-electron chi connectivity index (χ0n) is 57.5. The molecule has 10 heteroatoms. The first kappa shape index (κ1) is 67.8. The number of nitrogens with zero attached hydrogens (tertiary/aromatic N) is 4. The van der Waals surface area contributed by atoms with Crippen molar-refractivity contribution in [3.05, 3.63) is 302 Å². The highest BCUT2D eigenvalue weighted by Crippen LogP contribution is 2.70. The third-order valence-corrected chi connectivity index (χ3v) is 26.2. The molecule has 4 aliphatic rings. The van der Waals surface area contributed by atoms with Crippen molar-refractivity contribution in [2.75, 3.05) is 0 Å². The average molecular weight is 1380 g/mol. The van der Waals surface area contributed by atoms with Gasteiger partial charge in [0.2, 0.25) is 0 Å². The molecule has 4 aromatic heterocycles. The highest BCUT2D eigenvalue weighted by molar-refractivity contribution is 7.34. The summed E-state index contributed by atoms with van der Waals surface area (Å²) in [4.78, 5) is 43.5. The van der Waals surface area contributed by atoms with Gasteiger partial charge in [-0.15, -0.1) is 45.3 Å². The molecule has 10 aromatic rings. The second kappa shape index (κ2) is 29.5. The lowest BCUT2D eigenvalue weighted by Crippen LogP contribution is -2.29. The number of allylic oxidation sites excluding steroid dienone is 6. The highest BCUT2D eigenvalue weighted by atomic mass is 32.1. The zero-order chi connectivity index (χ0) is 69.1. The first-order valence-corrected chi connectivity index (χ1v) is 39.4. The standard InChI is InChI=1S/C90H80N4O2S4/c1-7-11-15-19-27-57-35-43-61(44-36-57)89(62-45-37-58(38-46-62)28-20-16-12-8-2)73-53-65(51-71-77(75(55-91)93-5)67-31-23-25-33-69(67)81(71)95)97-83(73)85-79(89)87-88(99-85)80-86(100-87)84-74(54-66(98-84)52-72-78(76(56-92)94-6)68-32-24-26-34-70(68)82(72)96)90(80,63-47-39-59(40-48-63)29-21-17-13-9-3)64-49-41-60(42-50-64)30-22-18-14-10-4/h23-26,31-54H,7-22,27-30H2,1-4H3/b71-51-,72-52-,77-75-,78-76+. The number of unbranched alkanes of at least 4 members (excludes halogenated alkanes) is 12. The Kier molecular flexibility index (Phi) is 20.0. The molecule has 0 bridgehead atoms. The quantitative estimate of drug-likeness (QED) is 0.0234. The number of aryl methyl sites for hydroxylation is 4. The molecule has 0 radical (unpaired) electrons. The maximum atomic E-state index is 14.8. The van der Waals surface area contributed by atoms with E-state index in [4.69, 9.17) is 13.1 Å². The topological polar surface area (TPSA) is 90.4 Å². The van der Waals surface area contributed by atoms with E-state index in [1.165, 1.54) is 152 Å². The number of fused-ring (bicyclic) bond motifs is 11. The van der Waals surface area contributed by atoms with Crippen LogP contribution in [-0.4, -0.2) is 11.6 Å². The van der Waals surface area contributed by atoms with Crippen LogP contribution in [-0.2, 0) is 36.5 Å². The summed E-state index contributed by atoms with van der Waals surface area (Å²) in [5.41, 5.74) is 16.6. The van der Waals surface area contributed by atoms with Crippen molar-refractivity contribution in [1.29, 1.82) is 10.5 Å². The lowest BCUT2D eigenvalue weighted by molar-refractivity contribution is 0.103. The van der Waals surface area contributed by atoms with E-state index in [2.05, 4.69) is 159 Å². The number of ketones is 2. The van der Waals surface area contributed by atoms with Crippen LogP contribution in [0.3, 0.4) is 0 Å². The molecule has 0 unspecified atom stereocenters. The van der Waals surface area contributed by atoms with Crippen LogP contribution in [0.25, 0.3) is 61.9 Å². The summed E-state index contributed by atoms with van der Waals surface area (Å²) in [6, 6.07) is 61.7. The molecule has 0 amide bonds. The molecule has 0 atom stereocenters. The van der Waals surface area contributed by atoms with Crippen molar-refractivity contribution in [3.8, 4) is 31.6 Å². The minimum atomic E-state index is -0.844. The van der Waals surface area contributed by atoms with Gasteiger partial charge in [0.1, 0.15) is 0 Å². The van der Waals surface area contributed by atoms with E-state index in [1.807, 2.05) is 71.2 Å². The van der Waals surface area contributed by atoms with Gasteiger partial charge in [0.15, 0.2) is 11.6 Å². The molecule has 0 aliphatic heterocycles. The fraction of sp³-hybridized carbons (Fsp3) is 0.289. The van der Waals surface area contributed by atoms with Crippen molar-refractivity contribution >= 4 is 89.6 Å². The smallest absolute Gasteiger partial charge is 0.270 e. The van der Waals surface area contributed by atoms with Crippen molar-refractivity contribution in [1.82, 2.24) is 0 Å². The Labute approximate surface area is 605 Å². The largest absolute Gasteiger partial charge is 0.289 e. The van der Waals surface area contributed by atoms with E-state index in [0.29, 0.717) is 44.5 Å². The summed E-state index contributed by atoms with van der Waals surface area (Å²) >= 11 is 7.16. The van der Waals surface area contributed by atoms with Crippen LogP contribution in [0.2, 0.25) is 0 Å². The summed E-state index contributed by atoms with van der Waals surface area (Å²) < 4.78 is 2.46. The normalized spacial score (nSPS) is 16.0. The van der Waals surface area contributed by atoms with Gasteiger partial charge in [0.25, 0.3) is 11.4 Å². The molecule has 0 spiro atoms. The third kappa shape index (κ3) is 11.8. The predicted octanol–water partition coefficient (Wildman–Crippen LogP) is 25.2. The molecule has 14 rings (SSSR count). The number of benzene rings is 6. The molecule has 0 saturated heterocycles.